The van der Waals surface area contributed by atoms with Crippen molar-refractivity contribution in [2.45, 2.75) is 13.5 Å². The van der Waals surface area contributed by atoms with E-state index < -0.39 is 0 Å². The molecule has 0 unspecified atom stereocenters. The Labute approximate surface area is 112 Å². The van der Waals surface area contributed by atoms with E-state index in [9.17, 15) is 0 Å². The van der Waals surface area contributed by atoms with Gasteiger partial charge in [0.05, 0.1) is 17.9 Å². The molecular weight excluding hydrogens is 238 g/mol. The van der Waals surface area contributed by atoms with Gasteiger partial charge in [-0.3, -0.25) is 0 Å². The largest absolute Gasteiger partial charge is 0.392 e. The molecule has 0 fully saturated rings. The van der Waals surface area contributed by atoms with Crippen molar-refractivity contribution >= 4 is 11.5 Å². The van der Waals surface area contributed by atoms with Crippen LogP contribution in [0.1, 0.15) is 16.7 Å². The first-order valence-corrected chi connectivity index (χ1v) is 5.96. The Balaban J connectivity index is 2.45. The zero-order valence-electron chi connectivity index (χ0n) is 11.0. The van der Waals surface area contributed by atoms with Crippen molar-refractivity contribution < 1.29 is 5.11 Å². The fraction of sp³-hybridized carbons (Fsp3) is 0.200. The van der Waals surface area contributed by atoms with Gasteiger partial charge in [-0.25, -0.2) is 4.98 Å². The number of pyridine rings is 1. The number of nitriles is 1. The van der Waals surface area contributed by atoms with E-state index in [0.29, 0.717) is 5.56 Å². The summed E-state index contributed by atoms with van der Waals surface area (Å²) in [6.45, 7) is 1.92. The molecule has 0 aliphatic heterocycles. The second-order valence-corrected chi connectivity index (χ2v) is 4.33. The number of hydrogen-bond acceptors (Lipinski definition) is 4. The standard InChI is InChI=1S/C15H15N3O/c1-11-7-12(10-19)9-17-15(11)18(2)14-6-4-3-5-13(14)8-16/h3-7,9,19H,10H2,1-2H3. The van der Waals surface area contributed by atoms with Gasteiger partial charge in [0.25, 0.3) is 0 Å². The zero-order chi connectivity index (χ0) is 13.8. The first-order chi connectivity index (χ1) is 9.17. The van der Waals surface area contributed by atoms with E-state index in [4.69, 9.17) is 10.4 Å². The third-order valence-corrected chi connectivity index (χ3v) is 2.99. The Bertz CT molecular complexity index is 632. The van der Waals surface area contributed by atoms with E-state index in [2.05, 4.69) is 11.1 Å². The lowest BCUT2D eigenvalue weighted by molar-refractivity contribution is 0.281. The molecule has 2 aromatic rings. The molecule has 19 heavy (non-hydrogen) atoms. The van der Waals surface area contributed by atoms with E-state index in [1.807, 2.05) is 43.1 Å². The highest BCUT2D eigenvalue weighted by molar-refractivity contribution is 5.68. The molecular formula is C15H15N3O. The van der Waals surface area contributed by atoms with Crippen molar-refractivity contribution in [3.8, 4) is 6.07 Å². The molecule has 2 rings (SSSR count). The summed E-state index contributed by atoms with van der Waals surface area (Å²) >= 11 is 0. The highest BCUT2D eigenvalue weighted by Crippen LogP contribution is 2.27. The average Bonchev–Trinajstić information content (AvgIpc) is 2.46. The van der Waals surface area contributed by atoms with Crippen LogP contribution in [0.4, 0.5) is 11.5 Å². The molecule has 1 aromatic heterocycles. The average molecular weight is 253 g/mol. The normalized spacial score (nSPS) is 10.0. The number of nitrogens with zero attached hydrogens (tertiary/aromatic N) is 3. The Kier molecular flexibility index (Phi) is 3.79. The number of anilines is 2. The molecule has 0 spiro atoms. The smallest absolute Gasteiger partial charge is 0.135 e. The third-order valence-electron chi connectivity index (χ3n) is 2.99. The van der Waals surface area contributed by atoms with Gasteiger partial charge in [-0.1, -0.05) is 12.1 Å². The van der Waals surface area contributed by atoms with Gasteiger partial charge in [0, 0.05) is 13.2 Å². The molecule has 0 radical (unpaired) electrons. The monoisotopic (exact) mass is 253 g/mol. The number of aliphatic hydroxyl groups is 1. The first-order valence-electron chi connectivity index (χ1n) is 5.96. The topological polar surface area (TPSA) is 60.2 Å². The van der Waals surface area contributed by atoms with Crippen molar-refractivity contribution in [2.75, 3.05) is 11.9 Å². The quantitative estimate of drug-likeness (QED) is 0.913. The Morgan fingerprint density at radius 3 is 2.74 bits per heavy atom. The van der Waals surface area contributed by atoms with Crippen molar-refractivity contribution in [1.82, 2.24) is 4.98 Å². The molecule has 0 atom stereocenters. The summed E-state index contributed by atoms with van der Waals surface area (Å²) in [7, 11) is 1.88. The number of rotatable bonds is 3. The van der Waals surface area contributed by atoms with Gasteiger partial charge in [-0.2, -0.15) is 5.26 Å². The Morgan fingerprint density at radius 2 is 2.11 bits per heavy atom. The van der Waals surface area contributed by atoms with Crippen LogP contribution in [0.2, 0.25) is 0 Å². The molecule has 1 aromatic carbocycles. The molecule has 0 saturated carbocycles. The minimum Gasteiger partial charge on any atom is -0.392 e. The van der Waals surface area contributed by atoms with E-state index >= 15 is 0 Å². The summed E-state index contributed by atoms with van der Waals surface area (Å²) in [5.74, 6) is 0.778. The van der Waals surface area contributed by atoms with Gasteiger partial charge < -0.3 is 10.0 Å². The molecule has 0 aliphatic carbocycles. The van der Waals surface area contributed by atoms with Crippen LogP contribution in [0.25, 0.3) is 0 Å². The maximum Gasteiger partial charge on any atom is 0.135 e. The maximum atomic E-state index is 9.14. The lowest BCUT2D eigenvalue weighted by Crippen LogP contribution is -2.14. The molecule has 4 nitrogen and oxygen atoms in total. The molecule has 4 heteroatoms. The fourth-order valence-corrected chi connectivity index (χ4v) is 2.04. The van der Waals surface area contributed by atoms with E-state index in [0.717, 1.165) is 22.6 Å². The second kappa shape index (κ2) is 5.51. The number of para-hydroxylation sites is 1. The van der Waals surface area contributed by atoms with Gasteiger partial charge in [-0.15, -0.1) is 0 Å². The second-order valence-electron chi connectivity index (χ2n) is 4.33. The maximum absolute atomic E-state index is 9.14. The Morgan fingerprint density at radius 1 is 1.37 bits per heavy atom. The number of aromatic nitrogens is 1. The number of hydrogen-bond donors (Lipinski definition) is 1. The zero-order valence-corrected chi connectivity index (χ0v) is 11.0. The van der Waals surface area contributed by atoms with Gasteiger partial charge in [0.15, 0.2) is 0 Å². The van der Waals surface area contributed by atoms with Crippen molar-refractivity contribution in [3.05, 3.63) is 53.2 Å². The van der Waals surface area contributed by atoms with E-state index in [1.165, 1.54) is 0 Å². The predicted molar refractivity (Wildman–Crippen MR) is 74.1 cm³/mol. The lowest BCUT2D eigenvalue weighted by Gasteiger charge is -2.21. The molecule has 1 heterocycles. The van der Waals surface area contributed by atoms with E-state index in [-0.39, 0.29) is 6.61 Å². The minimum atomic E-state index is -0.0212. The van der Waals surface area contributed by atoms with Crippen LogP contribution in [-0.2, 0) is 6.61 Å². The van der Waals surface area contributed by atoms with Crippen LogP contribution in [-0.4, -0.2) is 17.1 Å². The fourth-order valence-electron chi connectivity index (χ4n) is 2.04. The number of benzene rings is 1. The molecule has 0 aliphatic rings. The van der Waals surface area contributed by atoms with Crippen LogP contribution in [0.15, 0.2) is 36.5 Å². The summed E-state index contributed by atoms with van der Waals surface area (Å²) in [5.41, 5.74) is 3.17. The third kappa shape index (κ3) is 2.56. The summed E-state index contributed by atoms with van der Waals surface area (Å²) in [6, 6.07) is 11.5. The van der Waals surface area contributed by atoms with E-state index in [1.54, 1.807) is 12.3 Å². The SMILES string of the molecule is Cc1cc(CO)cnc1N(C)c1ccccc1C#N. The summed E-state index contributed by atoms with van der Waals surface area (Å²) in [4.78, 5) is 6.24. The van der Waals surface area contributed by atoms with Gasteiger partial charge in [-0.05, 0) is 36.2 Å². The van der Waals surface area contributed by atoms with Crippen molar-refractivity contribution in [2.24, 2.45) is 0 Å². The predicted octanol–water partition coefficient (Wildman–Crippen LogP) is 2.52. The summed E-state index contributed by atoms with van der Waals surface area (Å²) < 4.78 is 0. The summed E-state index contributed by atoms with van der Waals surface area (Å²) in [6.07, 6.45) is 1.65. The van der Waals surface area contributed by atoms with Crippen LogP contribution in [0.3, 0.4) is 0 Å². The first kappa shape index (κ1) is 13.1. The van der Waals surface area contributed by atoms with Gasteiger partial charge in [0.2, 0.25) is 0 Å². The minimum absolute atomic E-state index is 0.0212. The van der Waals surface area contributed by atoms with Crippen LogP contribution in [0.5, 0.6) is 0 Å². The number of aryl methyl sites for hydroxylation is 1. The summed E-state index contributed by atoms with van der Waals surface area (Å²) in [5, 5.41) is 18.2. The van der Waals surface area contributed by atoms with Gasteiger partial charge in [0.1, 0.15) is 11.9 Å². The lowest BCUT2D eigenvalue weighted by atomic mass is 10.1. The van der Waals surface area contributed by atoms with Crippen LogP contribution in [0, 0.1) is 18.3 Å². The van der Waals surface area contributed by atoms with Crippen LogP contribution < -0.4 is 4.90 Å². The number of aliphatic hydroxyl groups excluding tert-OH is 1. The highest BCUT2D eigenvalue weighted by Gasteiger charge is 2.12. The van der Waals surface area contributed by atoms with Gasteiger partial charge >= 0.3 is 0 Å². The van der Waals surface area contributed by atoms with Crippen molar-refractivity contribution in [1.29, 1.82) is 5.26 Å². The molecule has 96 valence electrons. The van der Waals surface area contributed by atoms with Crippen LogP contribution >= 0.6 is 0 Å². The molecule has 0 saturated heterocycles. The Hall–Kier alpha value is -2.38. The van der Waals surface area contributed by atoms with Crippen molar-refractivity contribution in [3.63, 3.8) is 0 Å². The highest BCUT2D eigenvalue weighted by atomic mass is 16.3. The molecule has 1 N–H and O–H groups in total. The molecule has 0 bridgehead atoms. The molecule has 0 amide bonds.